The van der Waals surface area contributed by atoms with Crippen molar-refractivity contribution in [3.8, 4) is 0 Å². The molecule has 0 aliphatic carbocycles. The maximum atomic E-state index is 11.8. The molecule has 0 atom stereocenters. The highest BCUT2D eigenvalue weighted by Crippen LogP contribution is 2.22. The Morgan fingerprint density at radius 2 is 2.12 bits per heavy atom. The molecule has 1 N–H and O–H groups in total. The van der Waals surface area contributed by atoms with E-state index in [2.05, 4.69) is 9.97 Å². The van der Waals surface area contributed by atoms with Crippen molar-refractivity contribution in [2.75, 3.05) is 0 Å². The van der Waals surface area contributed by atoms with E-state index < -0.39 is 0 Å². The Kier molecular flexibility index (Phi) is 2.45. The number of benzene rings is 1. The lowest BCUT2D eigenvalue weighted by atomic mass is 10.3. The average molecular weight is 244 g/mol. The van der Waals surface area contributed by atoms with Crippen LogP contribution < -0.4 is 0 Å². The molecule has 0 spiro atoms. The first-order valence-electron chi connectivity index (χ1n) is 5.03. The maximum absolute atomic E-state index is 11.8. The number of thioether (sulfide) groups is 1. The predicted molar refractivity (Wildman–Crippen MR) is 65.0 cm³/mol. The molecule has 0 aliphatic heterocycles. The number of carbonyl (C=O) groups excluding carboxylic acids is 1. The van der Waals surface area contributed by atoms with Crippen molar-refractivity contribution in [1.29, 1.82) is 0 Å². The number of furan rings is 1. The molecular weight excluding hydrogens is 236 g/mol. The Morgan fingerprint density at radius 3 is 2.88 bits per heavy atom. The highest BCUT2D eigenvalue weighted by Gasteiger charge is 2.13. The van der Waals surface area contributed by atoms with Crippen LogP contribution >= 0.6 is 11.8 Å². The zero-order valence-corrected chi connectivity index (χ0v) is 9.53. The molecule has 2 heterocycles. The number of para-hydroxylation sites is 2. The Balaban J connectivity index is 1.88. The molecule has 0 saturated carbocycles. The highest BCUT2D eigenvalue weighted by atomic mass is 32.2. The summed E-state index contributed by atoms with van der Waals surface area (Å²) in [4.78, 5) is 19.1. The summed E-state index contributed by atoms with van der Waals surface area (Å²) in [6.45, 7) is 0. The van der Waals surface area contributed by atoms with Gasteiger partial charge in [0.05, 0.1) is 17.3 Å². The first kappa shape index (κ1) is 10.2. The van der Waals surface area contributed by atoms with Gasteiger partial charge in [-0.2, -0.15) is 0 Å². The maximum Gasteiger partial charge on any atom is 0.262 e. The van der Waals surface area contributed by atoms with Crippen LogP contribution in [-0.2, 0) is 0 Å². The molecule has 3 rings (SSSR count). The number of rotatable bonds is 2. The van der Waals surface area contributed by atoms with Crippen molar-refractivity contribution >= 4 is 27.9 Å². The quantitative estimate of drug-likeness (QED) is 0.704. The second-order valence-electron chi connectivity index (χ2n) is 3.43. The van der Waals surface area contributed by atoms with Gasteiger partial charge in [0.25, 0.3) is 5.12 Å². The normalized spacial score (nSPS) is 10.8. The molecule has 3 aromatic rings. The van der Waals surface area contributed by atoms with E-state index >= 15 is 0 Å². The number of hydrogen-bond acceptors (Lipinski definition) is 4. The van der Waals surface area contributed by atoms with E-state index in [1.54, 1.807) is 12.1 Å². The number of hydrogen-bond donors (Lipinski definition) is 1. The zero-order chi connectivity index (χ0) is 11.7. The lowest BCUT2D eigenvalue weighted by Gasteiger charge is -1.91. The van der Waals surface area contributed by atoms with Crippen molar-refractivity contribution in [2.24, 2.45) is 0 Å². The minimum atomic E-state index is -0.158. The largest absolute Gasteiger partial charge is 0.460 e. The summed E-state index contributed by atoms with van der Waals surface area (Å²) in [6.07, 6.45) is 1.48. The van der Waals surface area contributed by atoms with Crippen LogP contribution in [0.1, 0.15) is 10.6 Å². The summed E-state index contributed by atoms with van der Waals surface area (Å²) in [5.41, 5.74) is 1.77. The van der Waals surface area contributed by atoms with Gasteiger partial charge in [-0.1, -0.05) is 12.1 Å². The molecule has 2 aromatic heterocycles. The third-order valence-corrected chi connectivity index (χ3v) is 3.05. The molecule has 0 amide bonds. The topological polar surface area (TPSA) is 58.9 Å². The van der Waals surface area contributed by atoms with Gasteiger partial charge in [-0.15, -0.1) is 0 Å². The minimum Gasteiger partial charge on any atom is -0.460 e. The fourth-order valence-corrected chi connectivity index (χ4v) is 2.21. The standard InChI is InChI=1S/C12H8N2O2S/c15-11(10-6-3-7-16-10)17-12-13-8-4-1-2-5-9(8)14-12/h1-7H,(H,13,14). The third kappa shape index (κ3) is 1.97. The first-order valence-corrected chi connectivity index (χ1v) is 5.85. The second kappa shape index (κ2) is 4.10. The van der Waals surface area contributed by atoms with Crippen molar-refractivity contribution in [3.05, 3.63) is 48.4 Å². The van der Waals surface area contributed by atoms with Crippen LogP contribution in [0.15, 0.2) is 52.2 Å². The Hall–Kier alpha value is -2.01. The lowest BCUT2D eigenvalue weighted by Crippen LogP contribution is -1.90. The van der Waals surface area contributed by atoms with Gasteiger partial charge in [0.2, 0.25) is 0 Å². The minimum absolute atomic E-state index is 0.158. The Morgan fingerprint density at radius 1 is 1.24 bits per heavy atom. The first-order chi connectivity index (χ1) is 8.33. The molecule has 84 valence electrons. The van der Waals surface area contributed by atoms with E-state index in [1.165, 1.54) is 6.26 Å². The second-order valence-corrected chi connectivity index (χ2v) is 4.39. The van der Waals surface area contributed by atoms with E-state index in [0.717, 1.165) is 22.8 Å². The number of carbonyl (C=O) groups is 1. The van der Waals surface area contributed by atoms with Gasteiger partial charge >= 0.3 is 0 Å². The molecule has 0 aliphatic rings. The summed E-state index contributed by atoms with van der Waals surface area (Å²) in [6, 6.07) is 11.0. The molecule has 0 unspecified atom stereocenters. The van der Waals surface area contributed by atoms with Crippen molar-refractivity contribution in [2.45, 2.75) is 5.16 Å². The third-order valence-electron chi connectivity index (χ3n) is 2.28. The molecule has 0 saturated heterocycles. The summed E-state index contributed by atoms with van der Waals surface area (Å²) < 4.78 is 5.03. The van der Waals surface area contributed by atoms with E-state index in [4.69, 9.17) is 4.42 Å². The monoisotopic (exact) mass is 244 g/mol. The number of nitrogens with one attached hydrogen (secondary N) is 1. The summed E-state index contributed by atoms with van der Waals surface area (Å²) in [5, 5.41) is 0.418. The molecule has 1 aromatic carbocycles. The van der Waals surface area contributed by atoms with Crippen LogP contribution in [0.25, 0.3) is 11.0 Å². The highest BCUT2D eigenvalue weighted by molar-refractivity contribution is 8.14. The van der Waals surface area contributed by atoms with Gasteiger partial charge in [0.1, 0.15) is 0 Å². The predicted octanol–water partition coefficient (Wildman–Crippen LogP) is 3.09. The molecule has 4 nitrogen and oxygen atoms in total. The Labute approximate surface area is 101 Å². The summed E-state index contributed by atoms with van der Waals surface area (Å²) in [7, 11) is 0. The number of nitrogens with zero attached hydrogens (tertiary/aromatic N) is 1. The van der Waals surface area contributed by atoms with Crippen molar-refractivity contribution < 1.29 is 9.21 Å². The van der Waals surface area contributed by atoms with Crippen LogP contribution in [0.2, 0.25) is 0 Å². The van der Waals surface area contributed by atoms with E-state index in [1.807, 2.05) is 24.3 Å². The van der Waals surface area contributed by atoms with Gasteiger partial charge in [-0.3, -0.25) is 4.79 Å². The van der Waals surface area contributed by atoms with Crippen molar-refractivity contribution in [1.82, 2.24) is 9.97 Å². The zero-order valence-electron chi connectivity index (χ0n) is 8.71. The molecule has 0 fully saturated rings. The van der Waals surface area contributed by atoms with Gasteiger partial charge in [-0.05, 0) is 36.0 Å². The average Bonchev–Trinajstić information content (AvgIpc) is 2.97. The number of aromatic nitrogens is 2. The van der Waals surface area contributed by atoms with Crippen LogP contribution in [0.4, 0.5) is 0 Å². The lowest BCUT2D eigenvalue weighted by molar-refractivity contribution is 0.106. The van der Waals surface area contributed by atoms with Gasteiger partial charge < -0.3 is 9.40 Å². The van der Waals surface area contributed by atoms with E-state index in [-0.39, 0.29) is 5.12 Å². The number of fused-ring (bicyclic) bond motifs is 1. The van der Waals surface area contributed by atoms with Crippen molar-refractivity contribution in [3.63, 3.8) is 0 Å². The molecular formula is C12H8N2O2S. The van der Waals surface area contributed by atoms with Crippen LogP contribution in [0, 0.1) is 0 Å². The molecule has 0 radical (unpaired) electrons. The number of aromatic amines is 1. The Bertz CT molecular complexity index is 625. The van der Waals surface area contributed by atoms with Gasteiger partial charge in [0, 0.05) is 0 Å². The summed E-state index contributed by atoms with van der Waals surface area (Å²) >= 11 is 1.03. The van der Waals surface area contributed by atoms with Gasteiger partial charge in [-0.25, -0.2) is 4.98 Å². The summed E-state index contributed by atoms with van der Waals surface area (Å²) in [5.74, 6) is 0.329. The SMILES string of the molecule is O=C(Sc1nc2ccccc2[nH]1)c1ccco1. The van der Waals surface area contributed by atoms with Crippen LogP contribution in [0.5, 0.6) is 0 Å². The number of imidazole rings is 1. The van der Waals surface area contributed by atoms with Crippen LogP contribution in [-0.4, -0.2) is 15.1 Å². The van der Waals surface area contributed by atoms with Crippen LogP contribution in [0.3, 0.4) is 0 Å². The van der Waals surface area contributed by atoms with E-state index in [9.17, 15) is 4.79 Å². The molecule has 5 heteroatoms. The molecule has 0 bridgehead atoms. The number of H-pyrrole nitrogens is 1. The fraction of sp³-hybridized carbons (Fsp3) is 0. The van der Waals surface area contributed by atoms with Gasteiger partial charge in [0.15, 0.2) is 10.9 Å². The van der Waals surface area contributed by atoms with E-state index in [0.29, 0.717) is 10.9 Å². The fourth-order valence-electron chi connectivity index (χ4n) is 1.51. The molecule has 17 heavy (non-hydrogen) atoms. The smallest absolute Gasteiger partial charge is 0.262 e.